The maximum atomic E-state index is 12.3. The van der Waals surface area contributed by atoms with Crippen LogP contribution in [0.25, 0.3) is 5.52 Å². The maximum Gasteiger partial charge on any atom is 0.255 e. The van der Waals surface area contributed by atoms with Crippen LogP contribution < -0.4 is 5.32 Å². The van der Waals surface area contributed by atoms with Crippen LogP contribution in [-0.4, -0.2) is 31.8 Å². The highest BCUT2D eigenvalue weighted by molar-refractivity contribution is 6.01. The molecule has 2 rings (SSSR count). The van der Waals surface area contributed by atoms with Crippen molar-refractivity contribution in [2.75, 3.05) is 0 Å². The second-order valence-electron chi connectivity index (χ2n) is 5.73. The van der Waals surface area contributed by atoms with Gasteiger partial charge in [-0.1, -0.05) is 6.07 Å². The first-order chi connectivity index (χ1) is 8.72. The highest BCUT2D eigenvalue weighted by Crippen LogP contribution is 2.21. The number of hydrogen-bond acceptors (Lipinski definition) is 3. The Morgan fingerprint density at radius 1 is 1.32 bits per heavy atom. The van der Waals surface area contributed by atoms with E-state index < -0.39 is 11.1 Å². The molecular formula is C14H19N3O2. The van der Waals surface area contributed by atoms with Gasteiger partial charge < -0.3 is 10.4 Å². The van der Waals surface area contributed by atoms with Crippen molar-refractivity contribution in [3.8, 4) is 0 Å². The summed E-state index contributed by atoms with van der Waals surface area (Å²) in [5.74, 6) is -0.242. The number of pyridine rings is 1. The fourth-order valence-electron chi connectivity index (χ4n) is 1.61. The number of hydrogen-bond donors (Lipinski definition) is 2. The van der Waals surface area contributed by atoms with E-state index in [1.807, 2.05) is 18.2 Å². The Morgan fingerprint density at radius 3 is 2.63 bits per heavy atom. The van der Waals surface area contributed by atoms with Crippen LogP contribution in [0.4, 0.5) is 0 Å². The zero-order valence-corrected chi connectivity index (χ0v) is 11.6. The van der Waals surface area contributed by atoms with Gasteiger partial charge in [-0.15, -0.1) is 0 Å². The summed E-state index contributed by atoms with van der Waals surface area (Å²) in [6.45, 7) is 6.92. The van der Waals surface area contributed by atoms with Gasteiger partial charge in [0.1, 0.15) is 0 Å². The van der Waals surface area contributed by atoms with E-state index in [0.717, 1.165) is 5.52 Å². The van der Waals surface area contributed by atoms with Crippen molar-refractivity contribution in [3.05, 3.63) is 36.2 Å². The van der Waals surface area contributed by atoms with Crippen LogP contribution in [0, 0.1) is 0 Å². The van der Waals surface area contributed by atoms with E-state index in [1.54, 1.807) is 38.4 Å². The molecule has 2 N–H and O–H groups in total. The number of amides is 1. The van der Waals surface area contributed by atoms with Gasteiger partial charge in [-0.25, -0.2) is 4.52 Å². The lowest BCUT2D eigenvalue weighted by atomic mass is 9.86. The molecule has 0 aliphatic carbocycles. The van der Waals surface area contributed by atoms with Gasteiger partial charge in [-0.3, -0.25) is 4.79 Å². The van der Waals surface area contributed by atoms with Crippen molar-refractivity contribution in [2.24, 2.45) is 0 Å². The topological polar surface area (TPSA) is 66.6 Å². The third-order valence-electron chi connectivity index (χ3n) is 3.63. The molecule has 2 aromatic rings. The van der Waals surface area contributed by atoms with E-state index in [-0.39, 0.29) is 5.91 Å². The molecule has 0 spiro atoms. The predicted octanol–water partition coefficient (Wildman–Crippen LogP) is 1.61. The van der Waals surface area contributed by atoms with Crippen LogP contribution in [0.15, 0.2) is 30.6 Å². The van der Waals surface area contributed by atoms with E-state index in [9.17, 15) is 9.90 Å². The molecule has 0 saturated heterocycles. The lowest BCUT2D eigenvalue weighted by Crippen LogP contribution is -2.57. The standard InChI is InChI=1S/C14H19N3O2/c1-13(2,14(3,4)19)16-12(18)10-9-15-17-8-6-5-7-11(10)17/h5-9,19H,1-4H3,(H,16,18). The number of fused-ring (bicyclic) bond motifs is 1. The van der Waals surface area contributed by atoms with Gasteiger partial charge in [0, 0.05) is 6.20 Å². The van der Waals surface area contributed by atoms with Gasteiger partial charge >= 0.3 is 0 Å². The minimum absolute atomic E-state index is 0.242. The van der Waals surface area contributed by atoms with Crippen molar-refractivity contribution in [3.63, 3.8) is 0 Å². The number of aliphatic hydroxyl groups is 1. The smallest absolute Gasteiger partial charge is 0.255 e. The quantitative estimate of drug-likeness (QED) is 0.882. The molecule has 5 heteroatoms. The van der Waals surface area contributed by atoms with E-state index in [2.05, 4.69) is 10.4 Å². The Bertz CT molecular complexity index is 608. The molecule has 1 amide bonds. The molecule has 0 bridgehead atoms. The molecule has 0 fully saturated rings. The summed E-state index contributed by atoms with van der Waals surface area (Å²) < 4.78 is 1.64. The van der Waals surface area contributed by atoms with Gasteiger partial charge in [0.15, 0.2) is 0 Å². The largest absolute Gasteiger partial charge is 0.388 e. The fraction of sp³-hybridized carbons (Fsp3) is 0.429. The first-order valence-electron chi connectivity index (χ1n) is 6.20. The molecule has 0 aliphatic rings. The van der Waals surface area contributed by atoms with Crippen LogP contribution in [0.3, 0.4) is 0 Å². The van der Waals surface area contributed by atoms with Crippen LogP contribution in [0.1, 0.15) is 38.1 Å². The van der Waals surface area contributed by atoms with Crippen LogP contribution in [-0.2, 0) is 0 Å². The summed E-state index contributed by atoms with van der Waals surface area (Å²) >= 11 is 0. The first-order valence-corrected chi connectivity index (χ1v) is 6.20. The average Bonchev–Trinajstić information content (AvgIpc) is 2.70. The highest BCUT2D eigenvalue weighted by Gasteiger charge is 2.36. The first kappa shape index (κ1) is 13.5. The molecule has 2 heterocycles. The number of rotatable bonds is 3. The molecule has 0 saturated carbocycles. The molecule has 0 radical (unpaired) electrons. The molecule has 0 unspecified atom stereocenters. The number of nitrogens with zero attached hydrogens (tertiary/aromatic N) is 2. The fourth-order valence-corrected chi connectivity index (χ4v) is 1.61. The van der Waals surface area contributed by atoms with Crippen LogP contribution >= 0.6 is 0 Å². The molecule has 19 heavy (non-hydrogen) atoms. The normalized spacial score (nSPS) is 12.7. The van der Waals surface area contributed by atoms with Gasteiger partial charge in [-0.05, 0) is 39.8 Å². The summed E-state index contributed by atoms with van der Waals surface area (Å²) in [5.41, 5.74) is -0.525. The number of aromatic nitrogens is 2. The molecule has 0 atom stereocenters. The van der Waals surface area contributed by atoms with E-state index in [1.165, 1.54) is 6.20 Å². The molecule has 5 nitrogen and oxygen atoms in total. The second-order valence-corrected chi connectivity index (χ2v) is 5.73. The SMILES string of the molecule is CC(C)(O)C(C)(C)NC(=O)c1cnn2ccccc12. The molecule has 2 aromatic heterocycles. The number of carbonyl (C=O) groups is 1. The zero-order valence-electron chi connectivity index (χ0n) is 11.6. The highest BCUT2D eigenvalue weighted by atomic mass is 16.3. The molecule has 0 aromatic carbocycles. The third kappa shape index (κ3) is 2.46. The van der Waals surface area contributed by atoms with Crippen molar-refractivity contribution >= 4 is 11.4 Å². The maximum absolute atomic E-state index is 12.3. The van der Waals surface area contributed by atoms with Crippen molar-refractivity contribution in [1.29, 1.82) is 0 Å². The van der Waals surface area contributed by atoms with E-state index in [0.29, 0.717) is 5.56 Å². The minimum Gasteiger partial charge on any atom is -0.388 e. The van der Waals surface area contributed by atoms with E-state index in [4.69, 9.17) is 0 Å². The van der Waals surface area contributed by atoms with Crippen molar-refractivity contribution in [2.45, 2.75) is 38.8 Å². The minimum atomic E-state index is -1.02. The van der Waals surface area contributed by atoms with Crippen molar-refractivity contribution < 1.29 is 9.90 Å². The third-order valence-corrected chi connectivity index (χ3v) is 3.63. The summed E-state index contributed by atoms with van der Waals surface area (Å²) in [6, 6.07) is 5.54. The monoisotopic (exact) mass is 261 g/mol. The predicted molar refractivity (Wildman–Crippen MR) is 73.0 cm³/mol. The Kier molecular flexibility index (Phi) is 3.10. The zero-order chi connectivity index (χ0) is 14.3. The number of carbonyl (C=O) groups excluding carboxylic acids is 1. The Hall–Kier alpha value is -1.88. The van der Waals surface area contributed by atoms with Crippen molar-refractivity contribution in [1.82, 2.24) is 14.9 Å². The van der Waals surface area contributed by atoms with Crippen LogP contribution in [0.5, 0.6) is 0 Å². The van der Waals surface area contributed by atoms with Crippen LogP contribution in [0.2, 0.25) is 0 Å². The summed E-state index contributed by atoms with van der Waals surface area (Å²) in [4.78, 5) is 12.3. The Morgan fingerprint density at radius 2 is 2.00 bits per heavy atom. The summed E-state index contributed by atoms with van der Waals surface area (Å²) in [6.07, 6.45) is 3.32. The van der Waals surface area contributed by atoms with E-state index >= 15 is 0 Å². The lowest BCUT2D eigenvalue weighted by molar-refractivity contribution is -0.00289. The summed E-state index contributed by atoms with van der Waals surface area (Å²) in [5, 5.41) is 17.0. The second kappa shape index (κ2) is 4.35. The van der Waals surface area contributed by atoms with Gasteiger partial charge in [0.05, 0.1) is 28.4 Å². The van der Waals surface area contributed by atoms with Gasteiger partial charge in [-0.2, -0.15) is 5.10 Å². The lowest BCUT2D eigenvalue weighted by Gasteiger charge is -2.37. The van der Waals surface area contributed by atoms with Gasteiger partial charge in [0.2, 0.25) is 0 Å². The molecular weight excluding hydrogens is 242 g/mol. The Labute approximate surface area is 112 Å². The average molecular weight is 261 g/mol. The molecule has 102 valence electrons. The molecule has 0 aliphatic heterocycles. The Balaban J connectivity index is 2.31. The number of nitrogens with one attached hydrogen (secondary N) is 1. The van der Waals surface area contributed by atoms with Gasteiger partial charge in [0.25, 0.3) is 5.91 Å². The summed E-state index contributed by atoms with van der Waals surface area (Å²) in [7, 11) is 0.